The van der Waals surface area contributed by atoms with Gasteiger partial charge in [0, 0.05) is 44.0 Å². The van der Waals surface area contributed by atoms with Crippen molar-refractivity contribution in [2.45, 2.75) is 25.7 Å². The molecule has 7 heteroatoms. The molecule has 4 rings (SSSR count). The molecule has 3 heterocycles. The Morgan fingerprint density at radius 1 is 1.07 bits per heavy atom. The third-order valence-electron chi connectivity index (χ3n) is 5.55. The summed E-state index contributed by atoms with van der Waals surface area (Å²) < 4.78 is 5.19. The van der Waals surface area contributed by atoms with E-state index in [1.165, 1.54) is 0 Å². The number of hydrogen-bond acceptors (Lipinski definition) is 6. The van der Waals surface area contributed by atoms with E-state index >= 15 is 0 Å². The van der Waals surface area contributed by atoms with Gasteiger partial charge in [0.25, 0.3) is 0 Å². The van der Waals surface area contributed by atoms with Crippen molar-refractivity contribution in [2.24, 2.45) is 5.92 Å². The number of methoxy groups -OCH3 is 1. The summed E-state index contributed by atoms with van der Waals surface area (Å²) in [6.07, 6.45) is 5.80. The van der Waals surface area contributed by atoms with Crippen molar-refractivity contribution < 1.29 is 9.53 Å². The number of likely N-dealkylation sites (tertiary alicyclic amines) is 1. The van der Waals surface area contributed by atoms with Crippen molar-refractivity contribution in [3.05, 3.63) is 36.5 Å². The number of anilines is 3. The van der Waals surface area contributed by atoms with E-state index in [9.17, 15) is 4.79 Å². The molecule has 1 aromatic heterocycles. The second-order valence-electron chi connectivity index (χ2n) is 7.39. The summed E-state index contributed by atoms with van der Waals surface area (Å²) in [5.74, 6) is 2.78. The van der Waals surface area contributed by atoms with Gasteiger partial charge in [-0.1, -0.05) is 0 Å². The van der Waals surface area contributed by atoms with E-state index in [0.29, 0.717) is 11.9 Å². The van der Waals surface area contributed by atoms with Gasteiger partial charge in [-0.15, -0.1) is 0 Å². The molecule has 2 saturated heterocycles. The van der Waals surface area contributed by atoms with Crippen molar-refractivity contribution in [3.63, 3.8) is 0 Å². The third kappa shape index (κ3) is 4.18. The van der Waals surface area contributed by atoms with Gasteiger partial charge in [0.1, 0.15) is 11.6 Å². The van der Waals surface area contributed by atoms with Crippen LogP contribution >= 0.6 is 0 Å². The molecule has 0 unspecified atom stereocenters. The molecule has 7 nitrogen and oxygen atoms in total. The van der Waals surface area contributed by atoms with Crippen LogP contribution in [-0.4, -0.2) is 54.1 Å². The van der Waals surface area contributed by atoms with Gasteiger partial charge < -0.3 is 19.9 Å². The van der Waals surface area contributed by atoms with Gasteiger partial charge in [-0.3, -0.25) is 4.79 Å². The molecule has 0 atom stereocenters. The lowest BCUT2D eigenvalue weighted by atomic mass is 9.95. The van der Waals surface area contributed by atoms with Crippen LogP contribution in [0.25, 0.3) is 0 Å². The van der Waals surface area contributed by atoms with Crippen molar-refractivity contribution in [1.82, 2.24) is 14.9 Å². The van der Waals surface area contributed by atoms with Crippen LogP contribution < -0.4 is 15.0 Å². The minimum Gasteiger partial charge on any atom is -0.497 e. The molecule has 0 saturated carbocycles. The van der Waals surface area contributed by atoms with Crippen LogP contribution in [0, 0.1) is 5.92 Å². The molecule has 28 heavy (non-hydrogen) atoms. The minimum absolute atomic E-state index is 0.148. The Balaban J connectivity index is 1.36. The van der Waals surface area contributed by atoms with Crippen LogP contribution in [0.15, 0.2) is 36.5 Å². The monoisotopic (exact) mass is 381 g/mol. The zero-order valence-electron chi connectivity index (χ0n) is 16.3. The highest BCUT2D eigenvalue weighted by molar-refractivity contribution is 5.79. The normalized spacial score (nSPS) is 17.6. The first-order valence-electron chi connectivity index (χ1n) is 10.0. The van der Waals surface area contributed by atoms with Gasteiger partial charge in [0.05, 0.1) is 7.11 Å². The minimum atomic E-state index is 0.148. The summed E-state index contributed by atoms with van der Waals surface area (Å²) in [6.45, 7) is 3.49. The average Bonchev–Trinajstić information content (AvgIpc) is 3.29. The Morgan fingerprint density at radius 2 is 1.79 bits per heavy atom. The summed E-state index contributed by atoms with van der Waals surface area (Å²) in [5, 5.41) is 3.30. The maximum absolute atomic E-state index is 12.6. The van der Waals surface area contributed by atoms with E-state index in [0.717, 1.165) is 69.1 Å². The van der Waals surface area contributed by atoms with Crippen LogP contribution in [-0.2, 0) is 4.79 Å². The van der Waals surface area contributed by atoms with Gasteiger partial charge in [0.2, 0.25) is 11.9 Å². The van der Waals surface area contributed by atoms with Gasteiger partial charge in [-0.25, -0.2) is 4.98 Å². The van der Waals surface area contributed by atoms with E-state index in [-0.39, 0.29) is 5.92 Å². The molecule has 2 aliphatic rings. The van der Waals surface area contributed by atoms with Gasteiger partial charge in [-0.05, 0) is 56.0 Å². The molecule has 1 amide bonds. The highest BCUT2D eigenvalue weighted by Gasteiger charge is 2.30. The van der Waals surface area contributed by atoms with Crippen LogP contribution in [0.3, 0.4) is 0 Å². The lowest BCUT2D eigenvalue weighted by Crippen LogP contribution is -2.42. The highest BCUT2D eigenvalue weighted by Crippen LogP contribution is 2.25. The van der Waals surface area contributed by atoms with Crippen molar-refractivity contribution >= 4 is 23.4 Å². The quantitative estimate of drug-likeness (QED) is 0.858. The number of aromatic nitrogens is 2. The molecule has 148 valence electrons. The maximum Gasteiger partial charge on any atom is 0.227 e. The molecule has 0 spiro atoms. The Kier molecular flexibility index (Phi) is 5.60. The number of carbonyl (C=O) groups excluding carboxylic acids is 1. The molecular weight excluding hydrogens is 354 g/mol. The molecule has 2 aliphatic heterocycles. The number of benzene rings is 1. The average molecular weight is 381 g/mol. The third-order valence-corrected chi connectivity index (χ3v) is 5.55. The molecule has 2 fully saturated rings. The number of rotatable bonds is 5. The van der Waals surface area contributed by atoms with Crippen LogP contribution in [0.4, 0.5) is 17.5 Å². The van der Waals surface area contributed by atoms with Gasteiger partial charge in [0.15, 0.2) is 0 Å². The first-order chi connectivity index (χ1) is 13.7. The summed E-state index contributed by atoms with van der Waals surface area (Å²) in [5.41, 5.74) is 0.945. The van der Waals surface area contributed by atoms with E-state index < -0.39 is 0 Å². The Morgan fingerprint density at radius 3 is 2.46 bits per heavy atom. The van der Waals surface area contributed by atoms with Gasteiger partial charge in [-0.2, -0.15) is 4.98 Å². The van der Waals surface area contributed by atoms with E-state index in [1.54, 1.807) is 13.3 Å². The second-order valence-corrected chi connectivity index (χ2v) is 7.39. The van der Waals surface area contributed by atoms with Crippen LogP contribution in [0.2, 0.25) is 0 Å². The van der Waals surface area contributed by atoms with Gasteiger partial charge >= 0.3 is 0 Å². The second kappa shape index (κ2) is 8.46. The van der Waals surface area contributed by atoms with Crippen molar-refractivity contribution in [2.75, 3.05) is 43.5 Å². The number of carbonyl (C=O) groups is 1. The molecule has 0 radical (unpaired) electrons. The summed E-state index contributed by atoms with van der Waals surface area (Å²) in [4.78, 5) is 25.9. The largest absolute Gasteiger partial charge is 0.497 e. The maximum atomic E-state index is 12.6. The Bertz CT molecular complexity index is 797. The van der Waals surface area contributed by atoms with E-state index in [4.69, 9.17) is 4.74 Å². The SMILES string of the molecule is COc1ccc(Nc2ccnc(N3CCC(C(=O)N4CCCC4)CC3)n2)cc1. The predicted molar refractivity (Wildman–Crippen MR) is 109 cm³/mol. The summed E-state index contributed by atoms with van der Waals surface area (Å²) >= 11 is 0. The highest BCUT2D eigenvalue weighted by atomic mass is 16.5. The first-order valence-corrected chi connectivity index (χ1v) is 10.0. The topological polar surface area (TPSA) is 70.6 Å². The summed E-state index contributed by atoms with van der Waals surface area (Å²) in [7, 11) is 1.65. The Labute approximate surface area is 165 Å². The number of hydrogen-bond donors (Lipinski definition) is 1. The number of ether oxygens (including phenoxy) is 1. The number of nitrogens with one attached hydrogen (secondary N) is 1. The zero-order valence-corrected chi connectivity index (χ0v) is 16.3. The number of amides is 1. The molecule has 2 aromatic rings. The molecule has 0 aliphatic carbocycles. The fourth-order valence-corrected chi connectivity index (χ4v) is 3.91. The standard InChI is InChI=1S/C21H27N5O2/c1-28-18-6-4-17(5-7-18)23-19-8-11-22-21(24-19)26-14-9-16(10-15-26)20(27)25-12-2-3-13-25/h4-8,11,16H,2-3,9-10,12-15H2,1H3,(H,22,23,24). The predicted octanol–water partition coefficient (Wildman–Crippen LogP) is 3.07. The van der Waals surface area contributed by atoms with Crippen molar-refractivity contribution in [1.29, 1.82) is 0 Å². The molecular formula is C21H27N5O2. The lowest BCUT2D eigenvalue weighted by molar-refractivity contribution is -0.135. The lowest BCUT2D eigenvalue weighted by Gasteiger charge is -2.33. The number of piperidine rings is 1. The van der Waals surface area contributed by atoms with Crippen molar-refractivity contribution in [3.8, 4) is 5.75 Å². The van der Waals surface area contributed by atoms with E-state index in [2.05, 4.69) is 20.2 Å². The van der Waals surface area contributed by atoms with Crippen LogP contribution in [0.1, 0.15) is 25.7 Å². The molecule has 1 N–H and O–H groups in total. The smallest absolute Gasteiger partial charge is 0.227 e. The fourth-order valence-electron chi connectivity index (χ4n) is 3.91. The molecule has 1 aromatic carbocycles. The zero-order chi connectivity index (χ0) is 19.3. The fraction of sp³-hybridized carbons (Fsp3) is 0.476. The molecule has 0 bridgehead atoms. The van der Waals surface area contributed by atoms with E-state index in [1.807, 2.05) is 35.2 Å². The first kappa shape index (κ1) is 18.5. The Hall–Kier alpha value is -2.83. The summed E-state index contributed by atoms with van der Waals surface area (Å²) in [6, 6.07) is 9.59. The van der Waals surface area contributed by atoms with Crippen LogP contribution in [0.5, 0.6) is 5.75 Å². The number of nitrogens with zero attached hydrogens (tertiary/aromatic N) is 4.